The summed E-state index contributed by atoms with van der Waals surface area (Å²) in [4.78, 5) is 27.3. The number of hydrogen-bond donors (Lipinski definition) is 3. The predicted octanol–water partition coefficient (Wildman–Crippen LogP) is 1.63. The third kappa shape index (κ3) is 4.75. The van der Waals surface area contributed by atoms with E-state index in [2.05, 4.69) is 15.6 Å². The van der Waals surface area contributed by atoms with Gasteiger partial charge >= 0.3 is 12.0 Å². The molecular formula is C17H24N4O5S. The normalized spacial score (nSPS) is 23.7. The van der Waals surface area contributed by atoms with Crippen LogP contribution >= 0.6 is 0 Å². The van der Waals surface area contributed by atoms with E-state index in [1.165, 1.54) is 22.6 Å². The zero-order valence-electron chi connectivity index (χ0n) is 14.9. The molecular weight excluding hydrogens is 372 g/mol. The van der Waals surface area contributed by atoms with Gasteiger partial charge in [-0.05, 0) is 44.6 Å². The highest BCUT2D eigenvalue weighted by Gasteiger charge is 2.28. The lowest BCUT2D eigenvalue weighted by atomic mass is 9.86. The first-order valence-electron chi connectivity index (χ1n) is 9.13. The van der Waals surface area contributed by atoms with Gasteiger partial charge in [0.1, 0.15) is 5.82 Å². The van der Waals surface area contributed by atoms with Gasteiger partial charge in [0.2, 0.25) is 10.0 Å². The molecule has 3 rings (SSSR count). The van der Waals surface area contributed by atoms with Crippen LogP contribution in [0.4, 0.5) is 10.6 Å². The lowest BCUT2D eigenvalue weighted by Crippen LogP contribution is -2.41. The van der Waals surface area contributed by atoms with E-state index in [4.69, 9.17) is 5.11 Å². The molecule has 1 saturated carbocycles. The summed E-state index contributed by atoms with van der Waals surface area (Å²) in [5.41, 5.74) is 0. The molecule has 1 aliphatic heterocycles. The van der Waals surface area contributed by atoms with Crippen LogP contribution in [0, 0.1) is 5.92 Å². The monoisotopic (exact) mass is 396 g/mol. The molecule has 0 unspecified atom stereocenters. The van der Waals surface area contributed by atoms with Gasteiger partial charge in [-0.2, -0.15) is 4.31 Å². The number of pyridine rings is 1. The average Bonchev–Trinajstić information content (AvgIpc) is 3.18. The van der Waals surface area contributed by atoms with Gasteiger partial charge in [-0.15, -0.1) is 0 Å². The summed E-state index contributed by atoms with van der Waals surface area (Å²) in [6.07, 6.45) is 5.31. The number of nitrogens with zero attached hydrogens (tertiary/aromatic N) is 2. The van der Waals surface area contributed by atoms with Crippen LogP contribution in [0.15, 0.2) is 23.2 Å². The highest BCUT2D eigenvalue weighted by atomic mass is 32.2. The molecule has 1 aromatic rings. The lowest BCUT2D eigenvalue weighted by Gasteiger charge is -2.26. The number of nitrogens with one attached hydrogen (secondary N) is 2. The van der Waals surface area contributed by atoms with Gasteiger partial charge in [-0.3, -0.25) is 10.1 Å². The number of hydrogen-bond acceptors (Lipinski definition) is 5. The Hall–Kier alpha value is -2.20. The van der Waals surface area contributed by atoms with E-state index in [-0.39, 0.29) is 22.7 Å². The van der Waals surface area contributed by atoms with Crippen LogP contribution in [0.25, 0.3) is 0 Å². The average molecular weight is 396 g/mol. The number of sulfonamides is 1. The Morgan fingerprint density at radius 1 is 1.15 bits per heavy atom. The van der Waals surface area contributed by atoms with E-state index in [9.17, 15) is 18.0 Å². The Balaban J connectivity index is 1.58. The second-order valence-corrected chi connectivity index (χ2v) is 8.91. The number of aliphatic carboxylic acids is 1. The summed E-state index contributed by atoms with van der Waals surface area (Å²) < 4.78 is 26.6. The molecule has 27 heavy (non-hydrogen) atoms. The predicted molar refractivity (Wildman–Crippen MR) is 97.8 cm³/mol. The molecule has 0 bridgehead atoms. The number of carbonyl (C=O) groups is 2. The molecule has 0 atom stereocenters. The summed E-state index contributed by atoms with van der Waals surface area (Å²) in [5, 5.41) is 14.4. The highest BCUT2D eigenvalue weighted by molar-refractivity contribution is 7.89. The SMILES string of the molecule is O=C(Nc1cc(S(=O)(=O)N2CCCC2)ccn1)NC1CCC(C(=O)O)CC1. The summed E-state index contributed by atoms with van der Waals surface area (Å²) in [5.74, 6) is -0.981. The minimum Gasteiger partial charge on any atom is -0.481 e. The number of rotatable bonds is 5. The van der Waals surface area contributed by atoms with Crippen molar-refractivity contribution in [3.05, 3.63) is 18.3 Å². The van der Waals surface area contributed by atoms with Gasteiger partial charge < -0.3 is 10.4 Å². The van der Waals surface area contributed by atoms with Crippen LogP contribution in [0.1, 0.15) is 38.5 Å². The van der Waals surface area contributed by atoms with Crippen molar-refractivity contribution in [1.29, 1.82) is 0 Å². The Morgan fingerprint density at radius 3 is 2.44 bits per heavy atom. The first kappa shape index (κ1) is 19.6. The van der Waals surface area contributed by atoms with Gasteiger partial charge in [0.25, 0.3) is 0 Å². The number of carbonyl (C=O) groups excluding carboxylic acids is 1. The standard InChI is InChI=1S/C17H24N4O5S/c22-16(23)12-3-5-13(6-4-12)19-17(24)20-15-11-14(7-8-18-15)27(25,26)21-9-1-2-10-21/h7-8,11-13H,1-6,9-10H2,(H,22,23)(H2,18,19,20,24). The van der Waals surface area contributed by atoms with E-state index < -0.39 is 22.0 Å². The number of aromatic nitrogens is 1. The molecule has 3 N–H and O–H groups in total. The maximum absolute atomic E-state index is 12.6. The van der Waals surface area contributed by atoms with Crippen LogP contribution in [-0.2, 0) is 14.8 Å². The molecule has 0 aromatic carbocycles. The molecule has 0 radical (unpaired) electrons. The fraction of sp³-hybridized carbons (Fsp3) is 0.588. The molecule has 2 amide bonds. The topological polar surface area (TPSA) is 129 Å². The van der Waals surface area contributed by atoms with Crippen LogP contribution in [0.5, 0.6) is 0 Å². The van der Waals surface area contributed by atoms with Gasteiger partial charge in [0.05, 0.1) is 10.8 Å². The Bertz CT molecular complexity index is 799. The molecule has 2 fully saturated rings. The van der Waals surface area contributed by atoms with Gasteiger partial charge in [0.15, 0.2) is 0 Å². The summed E-state index contributed by atoms with van der Waals surface area (Å²) in [6.45, 7) is 1.01. The summed E-state index contributed by atoms with van der Waals surface area (Å²) >= 11 is 0. The smallest absolute Gasteiger partial charge is 0.320 e. The largest absolute Gasteiger partial charge is 0.481 e. The summed E-state index contributed by atoms with van der Waals surface area (Å²) in [6, 6.07) is 2.20. The molecule has 1 aromatic heterocycles. The zero-order chi connectivity index (χ0) is 19.4. The molecule has 1 aliphatic carbocycles. The van der Waals surface area contributed by atoms with Gasteiger partial charge in [-0.25, -0.2) is 18.2 Å². The molecule has 10 heteroatoms. The van der Waals surface area contributed by atoms with Crippen molar-refractivity contribution in [1.82, 2.24) is 14.6 Å². The zero-order valence-corrected chi connectivity index (χ0v) is 15.7. The molecule has 0 spiro atoms. The second kappa shape index (κ2) is 8.22. The van der Waals surface area contributed by atoms with E-state index >= 15 is 0 Å². The van der Waals surface area contributed by atoms with Crippen molar-refractivity contribution in [3.8, 4) is 0 Å². The van der Waals surface area contributed by atoms with E-state index in [0.717, 1.165) is 12.8 Å². The third-order valence-electron chi connectivity index (χ3n) is 5.09. The Morgan fingerprint density at radius 2 is 1.81 bits per heavy atom. The van der Waals surface area contributed by atoms with Crippen molar-refractivity contribution in [2.24, 2.45) is 5.92 Å². The Kier molecular flexibility index (Phi) is 5.95. The maximum Gasteiger partial charge on any atom is 0.320 e. The third-order valence-corrected chi connectivity index (χ3v) is 6.98. The lowest BCUT2D eigenvalue weighted by molar-refractivity contribution is -0.142. The van der Waals surface area contributed by atoms with Crippen molar-refractivity contribution >= 4 is 27.8 Å². The first-order chi connectivity index (χ1) is 12.9. The van der Waals surface area contributed by atoms with Crippen LogP contribution in [0.3, 0.4) is 0 Å². The number of amides is 2. The maximum atomic E-state index is 12.6. The Labute approximate surface area is 158 Å². The minimum absolute atomic E-state index is 0.0999. The highest BCUT2D eigenvalue weighted by Crippen LogP contribution is 2.25. The van der Waals surface area contributed by atoms with Crippen molar-refractivity contribution < 1.29 is 23.1 Å². The molecule has 1 saturated heterocycles. The number of urea groups is 1. The van der Waals surface area contributed by atoms with Crippen LogP contribution < -0.4 is 10.6 Å². The van der Waals surface area contributed by atoms with Gasteiger partial charge in [-0.1, -0.05) is 0 Å². The second-order valence-electron chi connectivity index (χ2n) is 6.97. The summed E-state index contributed by atoms with van der Waals surface area (Å²) in [7, 11) is -3.57. The van der Waals surface area contributed by atoms with Crippen molar-refractivity contribution in [2.45, 2.75) is 49.5 Å². The van der Waals surface area contributed by atoms with Crippen molar-refractivity contribution in [3.63, 3.8) is 0 Å². The van der Waals surface area contributed by atoms with Gasteiger partial charge in [0, 0.05) is 31.4 Å². The quantitative estimate of drug-likeness (QED) is 0.694. The van der Waals surface area contributed by atoms with Crippen LogP contribution in [-0.4, -0.2) is 53.9 Å². The van der Waals surface area contributed by atoms with E-state index in [1.54, 1.807) is 0 Å². The molecule has 148 valence electrons. The fourth-order valence-electron chi connectivity index (χ4n) is 3.54. The molecule has 2 heterocycles. The fourth-order valence-corrected chi connectivity index (χ4v) is 5.07. The first-order valence-corrected chi connectivity index (χ1v) is 10.6. The molecule has 9 nitrogen and oxygen atoms in total. The minimum atomic E-state index is -3.57. The number of carboxylic acids is 1. The number of anilines is 1. The van der Waals surface area contributed by atoms with Crippen LogP contribution in [0.2, 0.25) is 0 Å². The van der Waals surface area contributed by atoms with E-state index in [0.29, 0.717) is 38.8 Å². The number of carboxylic acid groups (broad SMARTS) is 1. The molecule has 2 aliphatic rings. The van der Waals surface area contributed by atoms with Crippen molar-refractivity contribution in [2.75, 3.05) is 18.4 Å². The van der Waals surface area contributed by atoms with E-state index in [1.807, 2.05) is 0 Å².